The molecule has 0 bridgehead atoms. The Morgan fingerprint density at radius 1 is 1.25 bits per heavy atom. The van der Waals surface area contributed by atoms with Crippen LogP contribution in [0.2, 0.25) is 0 Å². The molecule has 20 heavy (non-hydrogen) atoms. The Morgan fingerprint density at radius 3 is 2.60 bits per heavy atom. The van der Waals surface area contributed by atoms with Crippen LogP contribution in [-0.4, -0.2) is 25.6 Å². The van der Waals surface area contributed by atoms with Gasteiger partial charge in [0.15, 0.2) is 21.4 Å². The summed E-state index contributed by atoms with van der Waals surface area (Å²) in [4.78, 5) is 12.6. The molecule has 0 amide bonds. The van der Waals surface area contributed by atoms with Crippen LogP contribution in [0.4, 0.5) is 0 Å². The van der Waals surface area contributed by atoms with Crippen LogP contribution in [0.15, 0.2) is 39.9 Å². The van der Waals surface area contributed by atoms with Gasteiger partial charge in [-0.25, -0.2) is 8.42 Å². The van der Waals surface area contributed by atoms with Gasteiger partial charge in [-0.05, 0) is 25.0 Å². The highest BCUT2D eigenvalue weighted by Crippen LogP contribution is 2.42. The van der Waals surface area contributed by atoms with Crippen LogP contribution < -0.4 is 0 Å². The van der Waals surface area contributed by atoms with Crippen molar-refractivity contribution in [3.05, 3.63) is 47.3 Å². The molecule has 2 aromatic rings. The van der Waals surface area contributed by atoms with Gasteiger partial charge in [-0.15, -0.1) is 0 Å². The fourth-order valence-corrected chi connectivity index (χ4v) is 3.07. The lowest BCUT2D eigenvalue weighted by molar-refractivity contribution is 0.103. The first-order chi connectivity index (χ1) is 9.48. The van der Waals surface area contributed by atoms with Crippen molar-refractivity contribution >= 4 is 15.6 Å². The van der Waals surface area contributed by atoms with Gasteiger partial charge in [-0.3, -0.25) is 4.79 Å². The number of carbonyl (C=O) groups is 1. The molecule has 0 aliphatic heterocycles. The molecule has 1 aliphatic rings. The van der Waals surface area contributed by atoms with E-state index in [2.05, 4.69) is 5.16 Å². The maximum absolute atomic E-state index is 12.6. The Balaban J connectivity index is 2.09. The van der Waals surface area contributed by atoms with E-state index in [1.165, 1.54) is 18.3 Å². The molecule has 0 unspecified atom stereocenters. The van der Waals surface area contributed by atoms with Crippen LogP contribution in [-0.2, 0) is 9.84 Å². The summed E-state index contributed by atoms with van der Waals surface area (Å²) < 4.78 is 28.7. The van der Waals surface area contributed by atoms with Gasteiger partial charge in [0.25, 0.3) is 0 Å². The molecule has 0 spiro atoms. The summed E-state index contributed by atoms with van der Waals surface area (Å²) in [6, 6.07) is 6.20. The van der Waals surface area contributed by atoms with Gasteiger partial charge in [0.1, 0.15) is 0 Å². The Hall–Kier alpha value is -1.95. The molecule has 104 valence electrons. The van der Waals surface area contributed by atoms with Crippen LogP contribution in [0.3, 0.4) is 0 Å². The van der Waals surface area contributed by atoms with Gasteiger partial charge in [-0.2, -0.15) is 0 Å². The zero-order valence-corrected chi connectivity index (χ0v) is 11.7. The number of benzene rings is 1. The lowest BCUT2D eigenvalue weighted by Gasteiger charge is -2.06. The SMILES string of the molecule is CS(=O)(=O)c1ccccc1C(=O)c1cnoc1C1CC1. The molecule has 1 heterocycles. The van der Waals surface area contributed by atoms with E-state index >= 15 is 0 Å². The molecule has 0 radical (unpaired) electrons. The van der Waals surface area contributed by atoms with Crippen molar-refractivity contribution in [3.8, 4) is 0 Å². The van der Waals surface area contributed by atoms with Crippen LogP contribution in [0.25, 0.3) is 0 Å². The van der Waals surface area contributed by atoms with Gasteiger partial charge in [-0.1, -0.05) is 17.3 Å². The van der Waals surface area contributed by atoms with Gasteiger partial charge < -0.3 is 4.52 Å². The minimum atomic E-state index is -3.46. The highest BCUT2D eigenvalue weighted by Gasteiger charge is 2.33. The average molecular weight is 291 g/mol. The predicted octanol–water partition coefficient (Wildman–Crippen LogP) is 2.19. The predicted molar refractivity (Wildman–Crippen MR) is 71.5 cm³/mol. The fraction of sp³-hybridized carbons (Fsp3) is 0.286. The first kappa shape index (κ1) is 13.1. The zero-order chi connectivity index (χ0) is 14.3. The smallest absolute Gasteiger partial charge is 0.199 e. The first-order valence-corrected chi connectivity index (χ1v) is 8.16. The second-order valence-corrected chi connectivity index (χ2v) is 6.96. The van der Waals surface area contributed by atoms with E-state index in [0.717, 1.165) is 19.1 Å². The summed E-state index contributed by atoms with van der Waals surface area (Å²) in [5.41, 5.74) is 0.531. The van der Waals surface area contributed by atoms with Crippen molar-refractivity contribution < 1.29 is 17.7 Å². The average Bonchev–Trinajstić information content (AvgIpc) is 3.14. The first-order valence-electron chi connectivity index (χ1n) is 6.27. The molecule has 1 saturated carbocycles. The Labute approximate surface area is 116 Å². The summed E-state index contributed by atoms with van der Waals surface area (Å²) in [6.45, 7) is 0. The summed E-state index contributed by atoms with van der Waals surface area (Å²) in [6.07, 6.45) is 4.41. The number of carbonyl (C=O) groups excluding carboxylic acids is 1. The minimum absolute atomic E-state index is 0.0351. The molecule has 0 saturated heterocycles. The lowest BCUT2D eigenvalue weighted by Crippen LogP contribution is -2.09. The molecule has 0 N–H and O–H groups in total. The highest BCUT2D eigenvalue weighted by molar-refractivity contribution is 7.90. The minimum Gasteiger partial charge on any atom is -0.360 e. The topological polar surface area (TPSA) is 77.2 Å². The molecule has 5 nitrogen and oxygen atoms in total. The monoisotopic (exact) mass is 291 g/mol. The molecular weight excluding hydrogens is 278 g/mol. The maximum Gasteiger partial charge on any atom is 0.199 e. The number of rotatable bonds is 4. The summed E-state index contributed by atoms with van der Waals surface area (Å²) in [5, 5.41) is 3.68. The standard InChI is InChI=1S/C14H13NO4S/c1-20(17,18)12-5-3-2-4-10(12)13(16)11-8-15-19-14(11)9-6-7-9/h2-5,8-9H,6-7H2,1H3. The van der Waals surface area contributed by atoms with Crippen molar-refractivity contribution in [1.82, 2.24) is 5.16 Å². The van der Waals surface area contributed by atoms with Gasteiger partial charge in [0.05, 0.1) is 16.7 Å². The van der Waals surface area contributed by atoms with E-state index in [-0.39, 0.29) is 22.2 Å². The van der Waals surface area contributed by atoms with Crippen molar-refractivity contribution in [2.75, 3.05) is 6.26 Å². The third-order valence-electron chi connectivity index (χ3n) is 3.32. The Bertz CT molecular complexity index is 772. The molecule has 1 aromatic heterocycles. The second-order valence-electron chi connectivity index (χ2n) is 4.98. The van der Waals surface area contributed by atoms with Crippen molar-refractivity contribution in [3.63, 3.8) is 0 Å². The van der Waals surface area contributed by atoms with E-state index in [1.807, 2.05) is 0 Å². The highest BCUT2D eigenvalue weighted by atomic mass is 32.2. The zero-order valence-electron chi connectivity index (χ0n) is 10.9. The molecule has 3 rings (SSSR count). The summed E-state index contributed by atoms with van der Waals surface area (Å²) in [7, 11) is -3.46. The summed E-state index contributed by atoms with van der Waals surface area (Å²) >= 11 is 0. The normalized spacial score (nSPS) is 15.2. The molecule has 6 heteroatoms. The quantitative estimate of drug-likeness (QED) is 0.807. The lowest BCUT2D eigenvalue weighted by atomic mass is 10.0. The Kier molecular flexibility index (Phi) is 2.97. The molecule has 0 atom stereocenters. The molecule has 1 aliphatic carbocycles. The maximum atomic E-state index is 12.6. The number of ketones is 1. The number of hydrogen-bond acceptors (Lipinski definition) is 5. The number of hydrogen-bond donors (Lipinski definition) is 0. The molecule has 1 aromatic carbocycles. The van der Waals surface area contributed by atoms with Crippen molar-refractivity contribution in [1.29, 1.82) is 0 Å². The number of nitrogens with zero attached hydrogens (tertiary/aromatic N) is 1. The summed E-state index contributed by atoms with van der Waals surface area (Å²) in [5.74, 6) is 0.453. The molecule has 1 fully saturated rings. The second kappa shape index (κ2) is 4.56. The van der Waals surface area contributed by atoms with E-state index in [0.29, 0.717) is 11.3 Å². The van der Waals surface area contributed by atoms with E-state index in [9.17, 15) is 13.2 Å². The van der Waals surface area contributed by atoms with Gasteiger partial charge >= 0.3 is 0 Å². The van der Waals surface area contributed by atoms with Crippen molar-refractivity contribution in [2.24, 2.45) is 0 Å². The van der Waals surface area contributed by atoms with Crippen LogP contribution in [0.5, 0.6) is 0 Å². The van der Waals surface area contributed by atoms with E-state index in [4.69, 9.17) is 4.52 Å². The third-order valence-corrected chi connectivity index (χ3v) is 4.48. The van der Waals surface area contributed by atoms with Crippen molar-refractivity contribution in [2.45, 2.75) is 23.7 Å². The van der Waals surface area contributed by atoms with Gasteiger partial charge in [0.2, 0.25) is 0 Å². The number of sulfone groups is 1. The Morgan fingerprint density at radius 2 is 1.95 bits per heavy atom. The van der Waals surface area contributed by atoms with E-state index in [1.54, 1.807) is 12.1 Å². The van der Waals surface area contributed by atoms with Crippen LogP contribution in [0, 0.1) is 0 Å². The largest absolute Gasteiger partial charge is 0.360 e. The van der Waals surface area contributed by atoms with Crippen LogP contribution in [0.1, 0.15) is 40.4 Å². The van der Waals surface area contributed by atoms with E-state index < -0.39 is 9.84 Å². The van der Waals surface area contributed by atoms with Gasteiger partial charge in [0, 0.05) is 17.7 Å². The van der Waals surface area contributed by atoms with Crippen LogP contribution >= 0.6 is 0 Å². The third kappa shape index (κ3) is 2.27. The molecular formula is C14H13NO4S. The number of aromatic nitrogens is 1. The fourth-order valence-electron chi connectivity index (χ4n) is 2.18.